The first-order valence-corrected chi connectivity index (χ1v) is 8.06. The molecular weight excluding hydrogens is 323 g/mol. The molecule has 0 radical (unpaired) electrons. The molecule has 3 rings (SSSR count). The third-order valence-corrected chi connectivity index (χ3v) is 4.06. The van der Waals surface area contributed by atoms with Crippen molar-refractivity contribution in [3.05, 3.63) is 53.2 Å². The predicted molar refractivity (Wildman–Crippen MR) is 97.7 cm³/mol. The predicted octanol–water partition coefficient (Wildman–Crippen LogP) is 3.78. The minimum Gasteiger partial charge on any atom is -0.389 e. The summed E-state index contributed by atoms with van der Waals surface area (Å²) in [5.41, 5.74) is 9.67. The van der Waals surface area contributed by atoms with Crippen molar-refractivity contribution in [3.63, 3.8) is 0 Å². The summed E-state index contributed by atoms with van der Waals surface area (Å²) in [6, 6.07) is 8.22. The number of nitrogens with two attached hydrogens (primary N) is 1. The molecule has 2 aromatic heterocycles. The molecule has 2 N–H and O–H groups in total. The molecule has 0 aliphatic heterocycles. The van der Waals surface area contributed by atoms with E-state index in [4.69, 9.17) is 18.0 Å². The number of pyridine rings is 1. The van der Waals surface area contributed by atoms with Crippen LogP contribution in [0.4, 0.5) is 4.39 Å². The summed E-state index contributed by atoms with van der Waals surface area (Å²) < 4.78 is 15.0. The third-order valence-electron chi connectivity index (χ3n) is 3.86. The number of halogens is 1. The number of rotatable bonds is 2. The van der Waals surface area contributed by atoms with Gasteiger partial charge >= 0.3 is 0 Å². The van der Waals surface area contributed by atoms with E-state index in [2.05, 4.69) is 30.9 Å². The summed E-state index contributed by atoms with van der Waals surface area (Å²) in [5.74, 6) is 0.435. The standard InChI is InChI=1S/C18H19FN4S/c1-10-9-13(11-5-7-12(19)8-6-11)14(15(20)24)16-21-17(18(2,3)4)22-23(10)16/h5-9H,1-4H3,(H2,20,24). The molecule has 2 heterocycles. The quantitative estimate of drug-likeness (QED) is 0.720. The largest absolute Gasteiger partial charge is 0.389 e. The Balaban J connectivity index is 2.36. The third kappa shape index (κ3) is 2.78. The SMILES string of the molecule is Cc1cc(-c2ccc(F)cc2)c(C(N)=S)c2nc(C(C)(C)C)nn12. The van der Waals surface area contributed by atoms with Crippen LogP contribution in [0.5, 0.6) is 0 Å². The molecule has 24 heavy (non-hydrogen) atoms. The highest BCUT2D eigenvalue weighted by Gasteiger charge is 2.23. The van der Waals surface area contributed by atoms with Crippen molar-refractivity contribution in [2.24, 2.45) is 5.73 Å². The molecule has 0 saturated carbocycles. The molecule has 0 amide bonds. The number of aromatic nitrogens is 3. The lowest BCUT2D eigenvalue weighted by Crippen LogP contribution is -2.14. The lowest BCUT2D eigenvalue weighted by Gasteiger charge is -2.11. The number of fused-ring (bicyclic) bond motifs is 1. The Labute approximate surface area is 145 Å². The van der Waals surface area contributed by atoms with Gasteiger partial charge < -0.3 is 5.73 Å². The van der Waals surface area contributed by atoms with E-state index < -0.39 is 0 Å². The van der Waals surface area contributed by atoms with Gasteiger partial charge in [0.05, 0.1) is 5.56 Å². The van der Waals surface area contributed by atoms with Crippen molar-refractivity contribution < 1.29 is 4.39 Å². The number of benzene rings is 1. The smallest absolute Gasteiger partial charge is 0.166 e. The van der Waals surface area contributed by atoms with Gasteiger partial charge in [-0.2, -0.15) is 5.10 Å². The number of hydrogen-bond donors (Lipinski definition) is 1. The van der Waals surface area contributed by atoms with Gasteiger partial charge in [-0.05, 0) is 36.2 Å². The molecular formula is C18H19FN4S. The Bertz CT molecular complexity index is 936. The summed E-state index contributed by atoms with van der Waals surface area (Å²) in [4.78, 5) is 4.92. The van der Waals surface area contributed by atoms with Crippen LogP contribution in [0, 0.1) is 12.7 Å². The summed E-state index contributed by atoms with van der Waals surface area (Å²) in [7, 11) is 0. The highest BCUT2D eigenvalue weighted by Crippen LogP contribution is 2.30. The van der Waals surface area contributed by atoms with Crippen LogP contribution in [-0.4, -0.2) is 19.6 Å². The van der Waals surface area contributed by atoms with Gasteiger partial charge in [0.15, 0.2) is 11.5 Å². The second kappa shape index (κ2) is 5.63. The first kappa shape index (κ1) is 16.5. The van der Waals surface area contributed by atoms with Crippen LogP contribution < -0.4 is 5.73 Å². The number of aryl methyl sites for hydroxylation is 1. The zero-order valence-corrected chi connectivity index (χ0v) is 14.9. The summed E-state index contributed by atoms with van der Waals surface area (Å²) in [5, 5.41) is 4.61. The number of thiocarbonyl (C=S) groups is 1. The van der Waals surface area contributed by atoms with Gasteiger partial charge in [0.25, 0.3) is 0 Å². The molecule has 0 aliphatic carbocycles. The molecule has 0 fully saturated rings. The Morgan fingerprint density at radius 2 is 1.83 bits per heavy atom. The monoisotopic (exact) mass is 342 g/mol. The highest BCUT2D eigenvalue weighted by molar-refractivity contribution is 7.80. The minimum absolute atomic E-state index is 0.192. The van der Waals surface area contributed by atoms with Crippen molar-refractivity contribution in [1.82, 2.24) is 14.6 Å². The molecule has 0 bridgehead atoms. The Morgan fingerprint density at radius 1 is 1.21 bits per heavy atom. The minimum atomic E-state index is -0.286. The molecule has 0 atom stereocenters. The van der Waals surface area contributed by atoms with Crippen molar-refractivity contribution >= 4 is 22.9 Å². The fourth-order valence-corrected chi connectivity index (χ4v) is 2.80. The lowest BCUT2D eigenvalue weighted by molar-refractivity contribution is 0.544. The van der Waals surface area contributed by atoms with Crippen LogP contribution in [0.15, 0.2) is 30.3 Å². The van der Waals surface area contributed by atoms with Gasteiger partial charge in [0.2, 0.25) is 0 Å². The van der Waals surface area contributed by atoms with Gasteiger partial charge in [-0.25, -0.2) is 13.9 Å². The molecule has 6 heteroatoms. The van der Waals surface area contributed by atoms with Crippen molar-refractivity contribution in [2.75, 3.05) is 0 Å². The molecule has 124 valence electrons. The first-order valence-electron chi connectivity index (χ1n) is 7.65. The molecule has 0 unspecified atom stereocenters. The summed E-state index contributed by atoms with van der Waals surface area (Å²) in [6.45, 7) is 8.11. The zero-order valence-electron chi connectivity index (χ0n) is 14.1. The number of nitrogens with zero attached hydrogens (tertiary/aromatic N) is 3. The van der Waals surface area contributed by atoms with E-state index in [-0.39, 0.29) is 16.2 Å². The average molecular weight is 342 g/mol. The normalized spacial score (nSPS) is 11.9. The maximum absolute atomic E-state index is 13.3. The lowest BCUT2D eigenvalue weighted by atomic mass is 9.96. The van der Waals surface area contributed by atoms with E-state index in [9.17, 15) is 4.39 Å². The topological polar surface area (TPSA) is 56.2 Å². The Morgan fingerprint density at radius 3 is 2.38 bits per heavy atom. The van der Waals surface area contributed by atoms with Crippen LogP contribution in [0.25, 0.3) is 16.8 Å². The van der Waals surface area contributed by atoms with Gasteiger partial charge in [-0.3, -0.25) is 0 Å². The first-order chi connectivity index (χ1) is 11.2. The van der Waals surface area contributed by atoms with E-state index in [0.717, 1.165) is 22.6 Å². The maximum Gasteiger partial charge on any atom is 0.166 e. The summed E-state index contributed by atoms with van der Waals surface area (Å²) >= 11 is 5.27. The van der Waals surface area contributed by atoms with E-state index in [0.29, 0.717) is 11.2 Å². The highest BCUT2D eigenvalue weighted by atomic mass is 32.1. The Kier molecular flexibility index (Phi) is 3.87. The van der Waals surface area contributed by atoms with Gasteiger partial charge in [0.1, 0.15) is 10.8 Å². The second-order valence-corrected chi connectivity index (χ2v) is 7.31. The van der Waals surface area contributed by atoms with E-state index in [1.165, 1.54) is 12.1 Å². The van der Waals surface area contributed by atoms with E-state index in [1.807, 2.05) is 13.0 Å². The summed E-state index contributed by atoms with van der Waals surface area (Å²) in [6.07, 6.45) is 0. The van der Waals surface area contributed by atoms with E-state index >= 15 is 0 Å². The van der Waals surface area contributed by atoms with Gasteiger partial charge in [-0.15, -0.1) is 0 Å². The van der Waals surface area contributed by atoms with Crippen molar-refractivity contribution in [3.8, 4) is 11.1 Å². The van der Waals surface area contributed by atoms with Gasteiger partial charge in [0, 0.05) is 11.1 Å². The van der Waals surface area contributed by atoms with Crippen LogP contribution in [0.1, 0.15) is 37.9 Å². The zero-order chi connectivity index (χ0) is 17.6. The molecule has 0 aliphatic rings. The average Bonchev–Trinajstić information content (AvgIpc) is 2.93. The molecule has 0 saturated heterocycles. The van der Waals surface area contributed by atoms with Crippen LogP contribution in [-0.2, 0) is 5.41 Å². The van der Waals surface area contributed by atoms with Crippen LogP contribution in [0.2, 0.25) is 0 Å². The van der Waals surface area contributed by atoms with E-state index in [1.54, 1.807) is 16.6 Å². The van der Waals surface area contributed by atoms with Gasteiger partial charge in [-0.1, -0.05) is 45.1 Å². The Hall–Kier alpha value is -2.34. The number of hydrogen-bond acceptors (Lipinski definition) is 3. The fourth-order valence-electron chi connectivity index (χ4n) is 2.60. The van der Waals surface area contributed by atoms with Crippen LogP contribution >= 0.6 is 12.2 Å². The molecule has 0 spiro atoms. The molecule has 1 aromatic carbocycles. The van der Waals surface area contributed by atoms with Crippen LogP contribution in [0.3, 0.4) is 0 Å². The molecule has 3 aromatic rings. The molecule has 4 nitrogen and oxygen atoms in total. The second-order valence-electron chi connectivity index (χ2n) is 6.87. The maximum atomic E-state index is 13.3. The fraction of sp³-hybridized carbons (Fsp3) is 0.278. The van der Waals surface area contributed by atoms with Crippen molar-refractivity contribution in [2.45, 2.75) is 33.1 Å². The van der Waals surface area contributed by atoms with Crippen molar-refractivity contribution in [1.29, 1.82) is 0 Å².